The first-order valence-electron chi connectivity index (χ1n) is 8.77. The Bertz CT molecular complexity index is 966. The number of hydrogen-bond donors (Lipinski definition) is 1. The van der Waals surface area contributed by atoms with Crippen molar-refractivity contribution in [1.82, 2.24) is 0 Å². The predicted octanol–water partition coefficient (Wildman–Crippen LogP) is 3.03. The van der Waals surface area contributed by atoms with Gasteiger partial charge in [0.1, 0.15) is 5.82 Å². The van der Waals surface area contributed by atoms with Gasteiger partial charge in [-0.15, -0.1) is 0 Å². The van der Waals surface area contributed by atoms with Gasteiger partial charge in [-0.1, -0.05) is 12.1 Å². The van der Waals surface area contributed by atoms with Crippen LogP contribution in [-0.2, 0) is 19.1 Å². The molecule has 6 nitrogen and oxygen atoms in total. The second-order valence-corrected chi connectivity index (χ2v) is 6.55. The SMILES string of the molecule is C[C@@H](OC(=O)[C@@H]1CC(=O)N(c2ccccc2F)C1)C(=O)Nc1ccc(F)c(F)c1. The minimum atomic E-state index is -1.24. The molecule has 1 saturated heterocycles. The second-order valence-electron chi connectivity index (χ2n) is 6.55. The summed E-state index contributed by atoms with van der Waals surface area (Å²) >= 11 is 0. The van der Waals surface area contributed by atoms with Crippen molar-refractivity contribution in [2.75, 3.05) is 16.8 Å². The minimum Gasteiger partial charge on any atom is -0.452 e. The highest BCUT2D eigenvalue weighted by molar-refractivity contribution is 6.00. The maximum absolute atomic E-state index is 13.9. The van der Waals surface area contributed by atoms with E-state index < -0.39 is 47.3 Å². The van der Waals surface area contributed by atoms with E-state index in [0.717, 1.165) is 23.1 Å². The molecule has 1 heterocycles. The lowest BCUT2D eigenvalue weighted by molar-refractivity contribution is -0.157. The van der Waals surface area contributed by atoms with Crippen LogP contribution in [0.3, 0.4) is 0 Å². The van der Waals surface area contributed by atoms with Crippen molar-refractivity contribution in [1.29, 1.82) is 0 Å². The third-order valence-corrected chi connectivity index (χ3v) is 4.45. The van der Waals surface area contributed by atoms with Crippen molar-refractivity contribution in [3.05, 3.63) is 59.9 Å². The molecule has 0 aromatic heterocycles. The molecule has 0 bridgehead atoms. The fourth-order valence-corrected chi connectivity index (χ4v) is 2.91. The van der Waals surface area contributed by atoms with Gasteiger partial charge < -0.3 is 15.0 Å². The quantitative estimate of drug-likeness (QED) is 0.775. The monoisotopic (exact) mass is 406 g/mol. The predicted molar refractivity (Wildman–Crippen MR) is 97.4 cm³/mol. The van der Waals surface area contributed by atoms with Crippen molar-refractivity contribution >= 4 is 29.2 Å². The van der Waals surface area contributed by atoms with Crippen LogP contribution in [0, 0.1) is 23.4 Å². The van der Waals surface area contributed by atoms with Gasteiger partial charge in [0, 0.05) is 24.7 Å². The summed E-state index contributed by atoms with van der Waals surface area (Å²) in [7, 11) is 0. The van der Waals surface area contributed by atoms with Crippen LogP contribution >= 0.6 is 0 Å². The van der Waals surface area contributed by atoms with E-state index in [-0.39, 0.29) is 24.3 Å². The third-order valence-electron chi connectivity index (χ3n) is 4.45. The molecule has 1 fully saturated rings. The van der Waals surface area contributed by atoms with E-state index in [4.69, 9.17) is 4.74 Å². The number of carbonyl (C=O) groups is 3. The van der Waals surface area contributed by atoms with Gasteiger partial charge in [0.05, 0.1) is 11.6 Å². The molecule has 0 aliphatic carbocycles. The number of nitrogens with one attached hydrogen (secondary N) is 1. The van der Waals surface area contributed by atoms with E-state index in [1.165, 1.54) is 25.1 Å². The highest BCUT2D eigenvalue weighted by atomic mass is 19.2. The standard InChI is InChI=1S/C20H17F3N2O4/c1-11(19(27)24-13-6-7-14(21)16(23)9-13)29-20(28)12-8-18(26)25(10-12)17-5-3-2-4-15(17)22/h2-7,9,11-12H,8,10H2,1H3,(H,24,27)/t11-,12-/m1/s1. The van der Waals surface area contributed by atoms with Gasteiger partial charge >= 0.3 is 5.97 Å². The summed E-state index contributed by atoms with van der Waals surface area (Å²) in [5, 5.41) is 2.31. The molecular weight excluding hydrogens is 389 g/mol. The Morgan fingerprint density at radius 3 is 2.52 bits per heavy atom. The van der Waals surface area contributed by atoms with Gasteiger partial charge in [-0.3, -0.25) is 14.4 Å². The van der Waals surface area contributed by atoms with E-state index >= 15 is 0 Å². The van der Waals surface area contributed by atoms with E-state index in [2.05, 4.69) is 5.32 Å². The molecule has 2 aromatic carbocycles. The van der Waals surface area contributed by atoms with Gasteiger partial charge in [-0.05, 0) is 31.2 Å². The molecule has 0 unspecified atom stereocenters. The van der Waals surface area contributed by atoms with E-state index in [0.29, 0.717) is 0 Å². The zero-order valence-electron chi connectivity index (χ0n) is 15.3. The highest BCUT2D eigenvalue weighted by Crippen LogP contribution is 2.28. The number of hydrogen-bond acceptors (Lipinski definition) is 4. The number of esters is 1. The molecule has 29 heavy (non-hydrogen) atoms. The summed E-state index contributed by atoms with van der Waals surface area (Å²) in [6, 6.07) is 8.50. The molecule has 9 heteroatoms. The summed E-state index contributed by atoms with van der Waals surface area (Å²) in [5.74, 6) is -5.62. The number of rotatable bonds is 5. The van der Waals surface area contributed by atoms with E-state index in [1.54, 1.807) is 6.07 Å². The summed E-state index contributed by atoms with van der Waals surface area (Å²) < 4.78 is 45.2. The first-order valence-corrected chi connectivity index (χ1v) is 8.77. The number of nitrogens with zero attached hydrogens (tertiary/aromatic N) is 1. The first kappa shape index (κ1) is 20.4. The van der Waals surface area contributed by atoms with Crippen molar-refractivity contribution in [3.63, 3.8) is 0 Å². The Labute approximate surface area is 164 Å². The maximum Gasteiger partial charge on any atom is 0.312 e. The lowest BCUT2D eigenvalue weighted by Gasteiger charge is -2.18. The van der Waals surface area contributed by atoms with Gasteiger partial charge in [-0.2, -0.15) is 0 Å². The maximum atomic E-state index is 13.9. The van der Waals surface area contributed by atoms with Gasteiger partial charge in [0.15, 0.2) is 17.7 Å². The van der Waals surface area contributed by atoms with Crippen LogP contribution in [-0.4, -0.2) is 30.4 Å². The number of halogens is 3. The Morgan fingerprint density at radius 2 is 1.83 bits per heavy atom. The van der Waals surface area contributed by atoms with Crippen molar-refractivity contribution in [2.24, 2.45) is 5.92 Å². The van der Waals surface area contributed by atoms with Crippen molar-refractivity contribution in [3.8, 4) is 0 Å². The number of anilines is 2. The average Bonchev–Trinajstić information content (AvgIpc) is 3.06. The zero-order valence-corrected chi connectivity index (χ0v) is 15.3. The molecule has 2 atom stereocenters. The lowest BCUT2D eigenvalue weighted by atomic mass is 10.1. The fraction of sp³-hybridized carbons (Fsp3) is 0.250. The zero-order chi connectivity index (χ0) is 21.1. The summed E-state index contributed by atoms with van der Waals surface area (Å²) in [5.41, 5.74) is 0.0653. The number of ether oxygens (including phenoxy) is 1. The number of amides is 2. The van der Waals surface area contributed by atoms with Crippen molar-refractivity contribution in [2.45, 2.75) is 19.4 Å². The number of para-hydroxylation sites is 1. The second kappa shape index (κ2) is 8.34. The van der Waals surface area contributed by atoms with Crippen LogP contribution in [0.1, 0.15) is 13.3 Å². The molecule has 2 amide bonds. The normalized spacial score (nSPS) is 17.2. The average molecular weight is 406 g/mol. The topological polar surface area (TPSA) is 75.7 Å². The molecule has 1 aliphatic rings. The molecule has 1 aliphatic heterocycles. The third kappa shape index (κ3) is 4.56. The molecule has 152 valence electrons. The highest BCUT2D eigenvalue weighted by Gasteiger charge is 2.38. The van der Waals surface area contributed by atoms with Crippen LogP contribution in [0.4, 0.5) is 24.5 Å². The minimum absolute atomic E-state index is 0.00132. The largest absolute Gasteiger partial charge is 0.452 e. The molecule has 0 spiro atoms. The van der Waals surface area contributed by atoms with Crippen LogP contribution in [0.2, 0.25) is 0 Å². The van der Waals surface area contributed by atoms with Gasteiger partial charge in [-0.25, -0.2) is 13.2 Å². The summed E-state index contributed by atoms with van der Waals surface area (Å²) in [6.45, 7) is 1.23. The molecule has 1 N–H and O–H groups in total. The Balaban J connectivity index is 1.59. The Kier molecular flexibility index (Phi) is 5.86. The van der Waals surface area contributed by atoms with E-state index in [1.807, 2.05) is 0 Å². The van der Waals surface area contributed by atoms with Crippen LogP contribution < -0.4 is 10.2 Å². The molecule has 2 aromatic rings. The van der Waals surface area contributed by atoms with E-state index in [9.17, 15) is 27.6 Å². The molecule has 0 radical (unpaired) electrons. The first-order chi connectivity index (χ1) is 13.8. The van der Waals surface area contributed by atoms with Crippen LogP contribution in [0.25, 0.3) is 0 Å². The Morgan fingerprint density at radius 1 is 1.10 bits per heavy atom. The summed E-state index contributed by atoms with van der Waals surface area (Å²) in [4.78, 5) is 37.8. The summed E-state index contributed by atoms with van der Waals surface area (Å²) in [6.07, 6.45) is -1.42. The Hall–Kier alpha value is -3.36. The number of benzene rings is 2. The van der Waals surface area contributed by atoms with Gasteiger partial charge in [0.25, 0.3) is 5.91 Å². The fourth-order valence-electron chi connectivity index (χ4n) is 2.91. The molecule has 0 saturated carbocycles. The number of carbonyl (C=O) groups excluding carboxylic acids is 3. The lowest BCUT2D eigenvalue weighted by Crippen LogP contribution is -2.33. The smallest absolute Gasteiger partial charge is 0.312 e. The van der Waals surface area contributed by atoms with Crippen molar-refractivity contribution < 1.29 is 32.3 Å². The molecule has 3 rings (SSSR count). The van der Waals surface area contributed by atoms with Crippen LogP contribution in [0.15, 0.2) is 42.5 Å². The van der Waals surface area contributed by atoms with Gasteiger partial charge in [0.2, 0.25) is 5.91 Å². The molecular formula is C20H17F3N2O4. The van der Waals surface area contributed by atoms with Crippen LogP contribution in [0.5, 0.6) is 0 Å².